The molecule has 2 rings (SSSR count). The molecule has 0 saturated carbocycles. The van der Waals surface area contributed by atoms with Gasteiger partial charge in [-0.05, 0) is 42.3 Å². The summed E-state index contributed by atoms with van der Waals surface area (Å²) in [4.78, 5) is 14.3. The van der Waals surface area contributed by atoms with Gasteiger partial charge in [-0.25, -0.2) is 12.8 Å². The van der Waals surface area contributed by atoms with Gasteiger partial charge in [-0.1, -0.05) is 26.0 Å². The normalized spacial score (nSPS) is 11.5. The quantitative estimate of drug-likeness (QED) is 0.676. The molecule has 8 heteroatoms. The highest BCUT2D eigenvalue weighted by Crippen LogP contribution is 2.19. The third-order valence-corrected chi connectivity index (χ3v) is 6.72. The van der Waals surface area contributed by atoms with Crippen LogP contribution in [0.5, 0.6) is 0 Å². The van der Waals surface area contributed by atoms with Gasteiger partial charge in [-0.2, -0.15) is 4.31 Å². The zero-order valence-corrected chi connectivity index (χ0v) is 18.1. The predicted octanol–water partition coefficient (Wildman–Crippen LogP) is 2.89. The average Bonchev–Trinajstić information content (AvgIpc) is 2.69. The van der Waals surface area contributed by atoms with E-state index in [-0.39, 0.29) is 10.5 Å². The molecule has 0 saturated heterocycles. The zero-order chi connectivity index (χ0) is 21.6. The van der Waals surface area contributed by atoms with Crippen molar-refractivity contribution in [2.24, 2.45) is 0 Å². The molecule has 0 aliphatic heterocycles. The smallest absolute Gasteiger partial charge is 0.254 e. The lowest BCUT2D eigenvalue weighted by Gasteiger charge is -2.19. The van der Waals surface area contributed by atoms with Crippen molar-refractivity contribution in [3.05, 3.63) is 59.4 Å². The van der Waals surface area contributed by atoms with Gasteiger partial charge in [0.2, 0.25) is 10.0 Å². The molecular weight excluding hydrogens is 393 g/mol. The Kier molecular flexibility index (Phi) is 7.75. The molecule has 0 spiro atoms. The van der Waals surface area contributed by atoms with E-state index in [4.69, 9.17) is 0 Å². The molecule has 29 heavy (non-hydrogen) atoms. The highest BCUT2D eigenvalue weighted by atomic mass is 32.2. The van der Waals surface area contributed by atoms with Crippen LogP contribution in [-0.4, -0.2) is 52.4 Å². The molecule has 1 amide bonds. The van der Waals surface area contributed by atoms with E-state index in [0.717, 1.165) is 23.4 Å². The number of hydrogen-bond donors (Lipinski definition) is 1. The fourth-order valence-corrected chi connectivity index (χ4v) is 4.41. The fraction of sp³-hybridized carbons (Fsp3) is 0.381. The van der Waals surface area contributed by atoms with Gasteiger partial charge < -0.3 is 10.2 Å². The minimum absolute atomic E-state index is 0.0907. The Bertz CT molecular complexity index is 940. The van der Waals surface area contributed by atoms with Gasteiger partial charge in [0.15, 0.2) is 0 Å². The summed E-state index contributed by atoms with van der Waals surface area (Å²) in [5.74, 6) is -1.39. The van der Waals surface area contributed by atoms with Gasteiger partial charge in [-0.3, -0.25) is 4.79 Å². The fourth-order valence-electron chi connectivity index (χ4n) is 2.93. The van der Waals surface area contributed by atoms with Crippen LogP contribution in [0, 0.1) is 5.82 Å². The van der Waals surface area contributed by atoms with Crippen LogP contribution in [0.25, 0.3) is 0 Å². The molecule has 0 heterocycles. The summed E-state index contributed by atoms with van der Waals surface area (Å²) in [6.07, 6.45) is 0.582. The molecule has 0 atom stereocenters. The maximum atomic E-state index is 14.2. The molecular formula is C21H28FN3O3S. The van der Waals surface area contributed by atoms with Crippen molar-refractivity contribution in [2.75, 3.05) is 38.6 Å². The van der Waals surface area contributed by atoms with Crippen LogP contribution in [0.4, 0.5) is 10.1 Å². The summed E-state index contributed by atoms with van der Waals surface area (Å²) in [6.45, 7) is 4.36. The zero-order valence-electron chi connectivity index (χ0n) is 17.3. The largest absolute Gasteiger partial charge is 0.378 e. The third kappa shape index (κ3) is 5.55. The minimum Gasteiger partial charge on any atom is -0.378 e. The lowest BCUT2D eigenvalue weighted by Crippen LogP contribution is -2.31. The van der Waals surface area contributed by atoms with Crippen molar-refractivity contribution in [3.8, 4) is 0 Å². The highest BCUT2D eigenvalue weighted by Gasteiger charge is 2.24. The number of nitrogens with one attached hydrogen (secondary N) is 1. The van der Waals surface area contributed by atoms with E-state index < -0.39 is 21.7 Å². The molecule has 2 aromatic carbocycles. The van der Waals surface area contributed by atoms with Crippen molar-refractivity contribution in [2.45, 2.75) is 25.2 Å². The number of anilines is 1. The van der Waals surface area contributed by atoms with Crippen molar-refractivity contribution in [1.29, 1.82) is 0 Å². The molecule has 1 N–H and O–H groups in total. The van der Waals surface area contributed by atoms with Crippen LogP contribution in [0.3, 0.4) is 0 Å². The Labute approximate surface area is 172 Å². The minimum atomic E-state index is -3.77. The van der Waals surface area contributed by atoms with E-state index in [1.165, 1.54) is 10.4 Å². The van der Waals surface area contributed by atoms with Gasteiger partial charge in [0, 0.05) is 39.4 Å². The summed E-state index contributed by atoms with van der Waals surface area (Å²) in [5.41, 5.74) is 1.83. The number of hydrogen-bond acceptors (Lipinski definition) is 4. The number of halogens is 1. The first-order chi connectivity index (χ1) is 13.7. The van der Waals surface area contributed by atoms with Crippen molar-refractivity contribution in [1.82, 2.24) is 9.62 Å². The summed E-state index contributed by atoms with van der Waals surface area (Å²) in [5, 5.41) is 2.66. The maximum Gasteiger partial charge on any atom is 0.254 e. The Balaban J connectivity index is 2.08. The van der Waals surface area contributed by atoms with Gasteiger partial charge in [0.1, 0.15) is 5.82 Å². The molecule has 2 aromatic rings. The van der Waals surface area contributed by atoms with E-state index in [9.17, 15) is 17.6 Å². The number of amides is 1. The summed E-state index contributed by atoms with van der Waals surface area (Å²) < 4.78 is 40.7. The molecule has 6 nitrogen and oxygen atoms in total. The SMILES string of the molecule is CCN(CC)S(=O)(=O)c1ccc(F)c(C(=O)NCCc2ccc(N(C)C)cc2)c1. The number of nitrogens with zero attached hydrogens (tertiary/aromatic N) is 2. The Morgan fingerprint density at radius 1 is 1.03 bits per heavy atom. The Morgan fingerprint density at radius 2 is 1.66 bits per heavy atom. The van der Waals surface area contributed by atoms with Crippen molar-refractivity contribution in [3.63, 3.8) is 0 Å². The Morgan fingerprint density at radius 3 is 2.21 bits per heavy atom. The predicted molar refractivity (Wildman–Crippen MR) is 113 cm³/mol. The molecule has 0 fully saturated rings. The van der Waals surface area contributed by atoms with Crippen LogP contribution in [0.1, 0.15) is 29.8 Å². The second-order valence-corrected chi connectivity index (χ2v) is 8.74. The monoisotopic (exact) mass is 421 g/mol. The van der Waals surface area contributed by atoms with Crippen LogP contribution in [0.2, 0.25) is 0 Å². The van der Waals surface area contributed by atoms with Gasteiger partial charge in [0.25, 0.3) is 5.91 Å². The molecule has 0 aliphatic rings. The van der Waals surface area contributed by atoms with E-state index in [1.54, 1.807) is 13.8 Å². The summed E-state index contributed by atoms with van der Waals surface area (Å²) >= 11 is 0. The van der Waals surface area contributed by atoms with E-state index in [0.29, 0.717) is 26.1 Å². The summed E-state index contributed by atoms with van der Waals surface area (Å²) in [6, 6.07) is 11.2. The second-order valence-electron chi connectivity index (χ2n) is 6.80. The topological polar surface area (TPSA) is 69.7 Å². The lowest BCUT2D eigenvalue weighted by atomic mass is 10.1. The Hall–Kier alpha value is -2.45. The van der Waals surface area contributed by atoms with Crippen molar-refractivity contribution < 1.29 is 17.6 Å². The van der Waals surface area contributed by atoms with Crippen LogP contribution >= 0.6 is 0 Å². The molecule has 0 aromatic heterocycles. The van der Waals surface area contributed by atoms with Gasteiger partial charge in [0.05, 0.1) is 10.5 Å². The number of carbonyl (C=O) groups is 1. The first-order valence-corrected chi connectivity index (χ1v) is 11.0. The highest BCUT2D eigenvalue weighted by molar-refractivity contribution is 7.89. The van der Waals surface area contributed by atoms with Crippen molar-refractivity contribution >= 4 is 21.6 Å². The summed E-state index contributed by atoms with van der Waals surface area (Å²) in [7, 11) is 0.147. The number of carbonyl (C=O) groups excluding carboxylic acids is 1. The van der Waals surface area contributed by atoms with E-state index in [1.807, 2.05) is 43.3 Å². The molecule has 0 aliphatic carbocycles. The number of sulfonamides is 1. The maximum absolute atomic E-state index is 14.2. The van der Waals surface area contributed by atoms with Gasteiger partial charge in [-0.15, -0.1) is 0 Å². The molecule has 0 radical (unpaired) electrons. The second kappa shape index (κ2) is 9.84. The van der Waals surface area contributed by atoms with E-state index >= 15 is 0 Å². The third-order valence-electron chi connectivity index (χ3n) is 4.68. The number of benzene rings is 2. The lowest BCUT2D eigenvalue weighted by molar-refractivity contribution is 0.0950. The first-order valence-electron chi connectivity index (χ1n) is 9.54. The molecule has 0 unspecified atom stereocenters. The van der Waals surface area contributed by atoms with Gasteiger partial charge >= 0.3 is 0 Å². The average molecular weight is 422 g/mol. The standard InChI is InChI=1S/C21H28FN3O3S/c1-5-25(6-2)29(27,28)18-11-12-20(22)19(15-18)21(26)23-14-13-16-7-9-17(10-8-16)24(3)4/h7-12,15H,5-6,13-14H2,1-4H3,(H,23,26). The van der Waals surface area contributed by atoms with E-state index in [2.05, 4.69) is 5.32 Å². The first kappa shape index (κ1) is 22.8. The van der Waals surface area contributed by atoms with Crippen LogP contribution < -0.4 is 10.2 Å². The van der Waals surface area contributed by atoms with Crippen LogP contribution in [-0.2, 0) is 16.4 Å². The molecule has 158 valence electrons. The number of rotatable bonds is 9. The van der Waals surface area contributed by atoms with Crippen LogP contribution in [0.15, 0.2) is 47.4 Å². The molecule has 0 bridgehead atoms.